The molecule has 0 aromatic heterocycles. The summed E-state index contributed by atoms with van der Waals surface area (Å²) in [5.74, 6) is 2.46. The van der Waals surface area contributed by atoms with Crippen LogP contribution in [0.3, 0.4) is 0 Å². The smallest absolute Gasteiger partial charge is 0.00699 e. The summed E-state index contributed by atoms with van der Waals surface area (Å²) in [5, 5.41) is 0. The van der Waals surface area contributed by atoms with Crippen molar-refractivity contribution >= 4 is 20.1 Å². The minimum atomic E-state index is -0.692. The lowest BCUT2D eigenvalue weighted by Crippen LogP contribution is -2.09. The third kappa shape index (κ3) is 4.99. The van der Waals surface area contributed by atoms with Gasteiger partial charge in [-0.3, -0.25) is 0 Å². The van der Waals surface area contributed by atoms with Crippen LogP contribution < -0.4 is 11.5 Å². The van der Waals surface area contributed by atoms with Crippen LogP contribution in [0.5, 0.6) is 0 Å². The lowest BCUT2D eigenvalue weighted by atomic mass is 10.4. The van der Waals surface area contributed by atoms with E-state index in [-0.39, 0.29) is 0 Å². The van der Waals surface area contributed by atoms with Gasteiger partial charge < -0.3 is 11.5 Å². The number of hydrogen-bond donors (Lipinski definition) is 2. The van der Waals surface area contributed by atoms with E-state index in [1.807, 2.05) is 0 Å². The molecule has 1 rings (SSSR count). The average Bonchev–Trinajstić information content (AvgIpc) is 2.43. The molecule has 0 aliphatic rings. The monoisotopic (exact) mass is 316 g/mol. The van der Waals surface area contributed by atoms with Gasteiger partial charge in [-0.1, -0.05) is 0 Å². The van der Waals surface area contributed by atoms with Crippen molar-refractivity contribution in [2.24, 2.45) is 11.5 Å². The minimum Gasteiger partial charge on any atom is -0.330 e. The molecule has 0 bridgehead atoms. The molecule has 4 heteroatoms. The van der Waals surface area contributed by atoms with Gasteiger partial charge in [0.15, 0.2) is 0 Å². The molecule has 0 heterocycles. The molecule has 0 saturated carbocycles. The minimum absolute atomic E-state index is 0.692. The molecule has 2 nitrogen and oxygen atoms in total. The highest BCUT2D eigenvalue weighted by atomic mass is 32.3. The van der Waals surface area contributed by atoms with Crippen LogP contribution in [0, 0.1) is 0 Å². The molecule has 0 unspecified atom stereocenters. The third-order valence-electron chi connectivity index (χ3n) is 3.82. The van der Waals surface area contributed by atoms with E-state index < -0.39 is 20.1 Å². The van der Waals surface area contributed by atoms with E-state index in [9.17, 15) is 0 Å². The first-order valence-electron chi connectivity index (χ1n) is 7.26. The molecule has 1 aromatic rings. The Hall–Kier alpha value is -0.160. The van der Waals surface area contributed by atoms with E-state index in [1.54, 1.807) is 0 Å². The Bertz CT molecular complexity index is 360. The van der Waals surface area contributed by atoms with Crippen molar-refractivity contribution in [1.29, 1.82) is 0 Å². The highest BCUT2D eigenvalue weighted by Crippen LogP contribution is 2.53. The summed E-state index contributed by atoms with van der Waals surface area (Å²) in [6, 6.07) is 9.38. The Kier molecular flexibility index (Phi) is 6.92. The van der Waals surface area contributed by atoms with Gasteiger partial charge in [0.25, 0.3) is 0 Å². The third-order valence-corrected chi connectivity index (χ3v) is 9.53. The van der Waals surface area contributed by atoms with Crippen LogP contribution in [0.15, 0.2) is 34.1 Å². The summed E-state index contributed by atoms with van der Waals surface area (Å²) in [6.07, 6.45) is 11.8. The lowest BCUT2D eigenvalue weighted by Gasteiger charge is -2.35. The first-order valence-corrected chi connectivity index (χ1v) is 12.5. The molecule has 0 aliphatic carbocycles. The maximum atomic E-state index is 5.65. The molecular weight excluding hydrogens is 284 g/mol. The van der Waals surface area contributed by atoms with Gasteiger partial charge in [-0.25, -0.2) is 20.1 Å². The summed E-state index contributed by atoms with van der Waals surface area (Å²) < 4.78 is 0. The standard InChI is InChI=1S/C16H32N2S2/c1-19(2,13-5-11-17)15-7-9-16(10-8-15)20(3,4)14-6-12-18/h7-10H,5-6,11-14,17-18H2,1-4H3. The van der Waals surface area contributed by atoms with E-state index in [2.05, 4.69) is 49.3 Å². The Morgan fingerprint density at radius 2 is 1.00 bits per heavy atom. The van der Waals surface area contributed by atoms with Gasteiger partial charge in [0, 0.05) is 0 Å². The average molecular weight is 317 g/mol. The second kappa shape index (κ2) is 7.74. The zero-order chi connectivity index (χ0) is 15.2. The molecule has 118 valence electrons. The Labute approximate surface area is 128 Å². The second-order valence-corrected chi connectivity index (χ2v) is 14.2. The van der Waals surface area contributed by atoms with Crippen LogP contribution in [-0.4, -0.2) is 49.6 Å². The van der Waals surface area contributed by atoms with Gasteiger partial charge in [-0.05, 0) is 96.5 Å². The van der Waals surface area contributed by atoms with Crippen LogP contribution in [-0.2, 0) is 0 Å². The van der Waals surface area contributed by atoms with Crippen molar-refractivity contribution in [2.75, 3.05) is 49.6 Å². The lowest BCUT2D eigenvalue weighted by molar-refractivity contribution is 0.936. The molecule has 0 atom stereocenters. The van der Waals surface area contributed by atoms with Gasteiger partial charge in [-0.2, -0.15) is 0 Å². The highest BCUT2D eigenvalue weighted by Gasteiger charge is 2.17. The zero-order valence-electron chi connectivity index (χ0n) is 13.5. The molecule has 4 N–H and O–H groups in total. The van der Waals surface area contributed by atoms with Crippen molar-refractivity contribution < 1.29 is 0 Å². The number of rotatable bonds is 8. The number of nitrogens with two attached hydrogens (primary N) is 2. The van der Waals surface area contributed by atoms with E-state index >= 15 is 0 Å². The second-order valence-electron chi connectivity index (χ2n) is 6.24. The summed E-state index contributed by atoms with van der Waals surface area (Å²) >= 11 is 0. The molecule has 0 saturated heterocycles. The molecular formula is C16H32N2S2. The molecule has 0 aliphatic heterocycles. The summed E-state index contributed by atoms with van der Waals surface area (Å²) in [7, 11) is -1.38. The van der Waals surface area contributed by atoms with Gasteiger partial charge >= 0.3 is 0 Å². The predicted molar refractivity (Wildman–Crippen MR) is 98.9 cm³/mol. The van der Waals surface area contributed by atoms with Crippen LogP contribution in [0.2, 0.25) is 0 Å². The molecule has 1 aromatic carbocycles. The van der Waals surface area contributed by atoms with Gasteiger partial charge in [-0.15, -0.1) is 0 Å². The van der Waals surface area contributed by atoms with Gasteiger partial charge in [0.1, 0.15) is 0 Å². The van der Waals surface area contributed by atoms with Crippen molar-refractivity contribution in [3.05, 3.63) is 24.3 Å². The zero-order valence-corrected chi connectivity index (χ0v) is 15.2. The first kappa shape index (κ1) is 17.9. The SMILES string of the molecule is CS(C)(CCCN)c1ccc(S(C)(C)CCCN)cc1. The Balaban J connectivity index is 2.82. The molecule has 0 spiro atoms. The van der Waals surface area contributed by atoms with Crippen LogP contribution in [0.1, 0.15) is 12.8 Å². The molecule has 0 fully saturated rings. The summed E-state index contributed by atoms with van der Waals surface area (Å²) in [4.78, 5) is 3.01. The van der Waals surface area contributed by atoms with E-state index in [1.165, 1.54) is 21.3 Å². The van der Waals surface area contributed by atoms with E-state index in [0.29, 0.717) is 0 Å². The van der Waals surface area contributed by atoms with Crippen LogP contribution in [0.25, 0.3) is 0 Å². The van der Waals surface area contributed by atoms with Crippen molar-refractivity contribution in [2.45, 2.75) is 22.6 Å². The normalized spacial score (nSPS) is 14.3. The summed E-state index contributed by atoms with van der Waals surface area (Å²) in [5.41, 5.74) is 11.3. The topological polar surface area (TPSA) is 52.0 Å². The predicted octanol–water partition coefficient (Wildman–Crippen LogP) is 3.23. The van der Waals surface area contributed by atoms with Crippen LogP contribution >= 0.6 is 20.1 Å². The maximum absolute atomic E-state index is 5.65. The van der Waals surface area contributed by atoms with Gasteiger partial charge in [0.2, 0.25) is 0 Å². The van der Waals surface area contributed by atoms with Gasteiger partial charge in [0.05, 0.1) is 0 Å². The quantitative estimate of drug-likeness (QED) is 0.773. The van der Waals surface area contributed by atoms with E-state index in [4.69, 9.17) is 11.5 Å². The first-order chi connectivity index (χ1) is 9.33. The molecule has 0 radical (unpaired) electrons. The van der Waals surface area contributed by atoms with Crippen molar-refractivity contribution in [3.63, 3.8) is 0 Å². The van der Waals surface area contributed by atoms with Crippen molar-refractivity contribution in [3.8, 4) is 0 Å². The highest BCUT2D eigenvalue weighted by molar-refractivity contribution is 8.33. The fourth-order valence-corrected chi connectivity index (χ4v) is 6.29. The maximum Gasteiger partial charge on any atom is -0.00699 e. The van der Waals surface area contributed by atoms with Crippen LogP contribution in [0.4, 0.5) is 0 Å². The number of benzene rings is 1. The molecule has 20 heavy (non-hydrogen) atoms. The van der Waals surface area contributed by atoms with Crippen molar-refractivity contribution in [1.82, 2.24) is 0 Å². The van der Waals surface area contributed by atoms with E-state index in [0.717, 1.165) is 25.9 Å². The summed E-state index contributed by atoms with van der Waals surface area (Å²) in [6.45, 7) is 1.59. The fourth-order valence-electron chi connectivity index (χ4n) is 2.30. The largest absolute Gasteiger partial charge is 0.330 e. The Morgan fingerprint density at radius 1 is 0.700 bits per heavy atom. The number of hydrogen-bond acceptors (Lipinski definition) is 2. The molecule has 0 amide bonds. The Morgan fingerprint density at radius 3 is 1.25 bits per heavy atom. The fraction of sp³-hybridized carbons (Fsp3) is 0.625.